The third-order valence-corrected chi connectivity index (χ3v) is 5.03. The van der Waals surface area contributed by atoms with Crippen LogP contribution in [0.5, 0.6) is 0 Å². The van der Waals surface area contributed by atoms with Crippen LogP contribution in [0.15, 0.2) is 48.5 Å². The summed E-state index contributed by atoms with van der Waals surface area (Å²) >= 11 is 0. The van der Waals surface area contributed by atoms with Gasteiger partial charge < -0.3 is 9.80 Å². The summed E-state index contributed by atoms with van der Waals surface area (Å²) in [4.78, 5) is 5.00. The van der Waals surface area contributed by atoms with E-state index in [0.717, 1.165) is 44.1 Å². The smallest absolute Gasteiger partial charge is 0.0764 e. The molecule has 4 rings (SSSR count). The highest BCUT2D eigenvalue weighted by Gasteiger charge is 2.17. The normalized spacial score (nSPS) is 16.0. The molecule has 0 radical (unpaired) electrons. The predicted molar refractivity (Wildman–Crippen MR) is 100 cm³/mol. The summed E-state index contributed by atoms with van der Waals surface area (Å²) in [6.07, 6.45) is 0. The van der Waals surface area contributed by atoms with E-state index >= 15 is 0 Å². The fourth-order valence-corrected chi connectivity index (χ4v) is 3.54. The van der Waals surface area contributed by atoms with Gasteiger partial charge >= 0.3 is 0 Å². The molecule has 124 valence electrons. The summed E-state index contributed by atoms with van der Waals surface area (Å²) in [5, 5.41) is 5.99. The van der Waals surface area contributed by atoms with Crippen LogP contribution in [0.25, 0.3) is 16.6 Å². The Morgan fingerprint density at radius 1 is 0.917 bits per heavy atom. The van der Waals surface area contributed by atoms with Crippen LogP contribution in [0, 0.1) is 6.92 Å². The largest absolute Gasteiger partial charge is 0.369 e. The maximum Gasteiger partial charge on any atom is 0.0764 e. The van der Waals surface area contributed by atoms with Gasteiger partial charge in [-0.3, -0.25) is 0 Å². The Hall–Kier alpha value is -2.33. The van der Waals surface area contributed by atoms with E-state index in [9.17, 15) is 0 Å². The molecule has 4 nitrogen and oxygen atoms in total. The number of aromatic nitrogens is 2. The van der Waals surface area contributed by atoms with E-state index in [4.69, 9.17) is 5.10 Å². The number of aryl methyl sites for hydroxylation is 1. The van der Waals surface area contributed by atoms with E-state index in [1.165, 1.54) is 16.6 Å². The number of likely N-dealkylation sites (N-methyl/N-ethyl adjacent to an activating group) is 1. The quantitative estimate of drug-likeness (QED) is 0.738. The van der Waals surface area contributed by atoms with Gasteiger partial charge in [0.25, 0.3) is 0 Å². The minimum atomic E-state index is 1.08. The van der Waals surface area contributed by atoms with Crippen molar-refractivity contribution in [2.45, 2.75) is 13.8 Å². The first kappa shape index (κ1) is 15.2. The zero-order chi connectivity index (χ0) is 16.5. The molecule has 1 fully saturated rings. The van der Waals surface area contributed by atoms with Gasteiger partial charge in [0, 0.05) is 37.3 Å². The van der Waals surface area contributed by atoms with Crippen molar-refractivity contribution in [1.29, 1.82) is 0 Å². The van der Waals surface area contributed by atoms with Crippen LogP contribution in [-0.4, -0.2) is 47.4 Å². The molecule has 4 heteroatoms. The highest BCUT2D eigenvalue weighted by Crippen LogP contribution is 2.27. The molecule has 1 saturated heterocycles. The van der Waals surface area contributed by atoms with Gasteiger partial charge in [-0.25, -0.2) is 4.68 Å². The molecule has 24 heavy (non-hydrogen) atoms. The van der Waals surface area contributed by atoms with Gasteiger partial charge in [0.1, 0.15) is 0 Å². The van der Waals surface area contributed by atoms with Gasteiger partial charge in [-0.2, -0.15) is 5.10 Å². The average Bonchev–Trinajstić information content (AvgIpc) is 2.99. The Labute approximate surface area is 143 Å². The van der Waals surface area contributed by atoms with Crippen molar-refractivity contribution in [1.82, 2.24) is 14.7 Å². The van der Waals surface area contributed by atoms with E-state index < -0.39 is 0 Å². The summed E-state index contributed by atoms with van der Waals surface area (Å²) in [7, 11) is 0. The highest BCUT2D eigenvalue weighted by molar-refractivity contribution is 5.86. The summed E-state index contributed by atoms with van der Waals surface area (Å²) in [5.74, 6) is 0. The van der Waals surface area contributed by atoms with E-state index in [1.807, 2.05) is 6.07 Å². The molecule has 0 saturated carbocycles. The number of nitrogens with zero attached hydrogens (tertiary/aromatic N) is 4. The molecule has 0 bridgehead atoms. The van der Waals surface area contributed by atoms with Crippen molar-refractivity contribution in [2.75, 3.05) is 37.6 Å². The van der Waals surface area contributed by atoms with Crippen molar-refractivity contribution in [2.24, 2.45) is 0 Å². The third-order valence-electron chi connectivity index (χ3n) is 5.03. The fourth-order valence-electron chi connectivity index (χ4n) is 3.54. The zero-order valence-corrected chi connectivity index (χ0v) is 14.4. The van der Waals surface area contributed by atoms with E-state index in [1.54, 1.807) is 0 Å². The summed E-state index contributed by atoms with van der Waals surface area (Å²) in [5.41, 5.74) is 4.68. The SMILES string of the molecule is CCN1CCN(c2ccc3c(C)nn(-c4ccccc4)c3c2)CC1. The minimum Gasteiger partial charge on any atom is -0.369 e. The van der Waals surface area contributed by atoms with Crippen LogP contribution in [-0.2, 0) is 0 Å². The lowest BCUT2D eigenvalue weighted by Gasteiger charge is -2.35. The first-order valence-corrected chi connectivity index (χ1v) is 8.78. The molecule has 2 aromatic carbocycles. The van der Waals surface area contributed by atoms with Crippen molar-refractivity contribution in [3.63, 3.8) is 0 Å². The molecule has 3 aromatic rings. The second kappa shape index (κ2) is 6.29. The Balaban J connectivity index is 1.72. The second-order valence-electron chi connectivity index (χ2n) is 6.46. The zero-order valence-electron chi connectivity index (χ0n) is 14.4. The third kappa shape index (κ3) is 2.67. The molecule has 1 aliphatic heterocycles. The number of hydrogen-bond acceptors (Lipinski definition) is 3. The number of anilines is 1. The minimum absolute atomic E-state index is 1.08. The first-order chi connectivity index (χ1) is 11.8. The molecule has 1 aliphatic rings. The molecule has 0 unspecified atom stereocenters. The van der Waals surface area contributed by atoms with Gasteiger partial charge in [-0.15, -0.1) is 0 Å². The van der Waals surface area contributed by atoms with Gasteiger partial charge in [0.2, 0.25) is 0 Å². The van der Waals surface area contributed by atoms with Crippen LogP contribution in [0.1, 0.15) is 12.6 Å². The lowest BCUT2D eigenvalue weighted by Crippen LogP contribution is -2.46. The molecule has 0 aliphatic carbocycles. The standard InChI is InChI=1S/C20H24N4/c1-3-22-11-13-23(14-12-22)18-9-10-19-16(2)21-24(20(19)15-18)17-7-5-4-6-8-17/h4-10,15H,3,11-14H2,1-2H3. The fraction of sp³-hybridized carbons (Fsp3) is 0.350. The van der Waals surface area contributed by atoms with Crippen LogP contribution in [0.2, 0.25) is 0 Å². The molecule has 2 heterocycles. The average molecular weight is 320 g/mol. The summed E-state index contributed by atoms with van der Waals surface area (Å²) in [6, 6.07) is 17.1. The van der Waals surface area contributed by atoms with E-state index in [-0.39, 0.29) is 0 Å². The number of benzene rings is 2. The molecule has 0 atom stereocenters. The molecular weight excluding hydrogens is 296 g/mol. The maximum absolute atomic E-state index is 4.76. The molecule has 1 aromatic heterocycles. The lowest BCUT2D eigenvalue weighted by molar-refractivity contribution is 0.271. The number of para-hydroxylation sites is 1. The number of hydrogen-bond donors (Lipinski definition) is 0. The number of piperazine rings is 1. The molecule has 0 spiro atoms. The Bertz CT molecular complexity index is 829. The maximum atomic E-state index is 4.76. The number of fused-ring (bicyclic) bond motifs is 1. The van der Waals surface area contributed by atoms with Crippen molar-refractivity contribution in [3.05, 3.63) is 54.2 Å². The monoisotopic (exact) mass is 320 g/mol. The predicted octanol–water partition coefficient (Wildman–Crippen LogP) is 3.48. The second-order valence-corrected chi connectivity index (χ2v) is 6.46. The van der Waals surface area contributed by atoms with E-state index in [2.05, 4.69) is 70.8 Å². The van der Waals surface area contributed by atoms with Crippen LogP contribution >= 0.6 is 0 Å². The highest BCUT2D eigenvalue weighted by atomic mass is 15.3. The molecular formula is C20H24N4. The van der Waals surface area contributed by atoms with E-state index in [0.29, 0.717) is 0 Å². The number of rotatable bonds is 3. The summed E-state index contributed by atoms with van der Waals surface area (Å²) < 4.78 is 2.07. The van der Waals surface area contributed by atoms with Crippen LogP contribution in [0.3, 0.4) is 0 Å². The lowest BCUT2D eigenvalue weighted by atomic mass is 10.1. The van der Waals surface area contributed by atoms with Gasteiger partial charge in [-0.1, -0.05) is 25.1 Å². The Kier molecular flexibility index (Phi) is 3.98. The van der Waals surface area contributed by atoms with Crippen LogP contribution < -0.4 is 4.90 Å². The van der Waals surface area contributed by atoms with Crippen LogP contribution in [0.4, 0.5) is 5.69 Å². The Morgan fingerprint density at radius 3 is 2.38 bits per heavy atom. The first-order valence-electron chi connectivity index (χ1n) is 8.78. The van der Waals surface area contributed by atoms with Crippen molar-refractivity contribution >= 4 is 16.6 Å². The van der Waals surface area contributed by atoms with Crippen molar-refractivity contribution in [3.8, 4) is 5.69 Å². The molecule has 0 amide bonds. The topological polar surface area (TPSA) is 24.3 Å². The summed E-state index contributed by atoms with van der Waals surface area (Å²) in [6.45, 7) is 9.95. The Morgan fingerprint density at radius 2 is 1.67 bits per heavy atom. The van der Waals surface area contributed by atoms with Gasteiger partial charge in [-0.05, 0) is 43.8 Å². The molecule has 0 N–H and O–H groups in total. The van der Waals surface area contributed by atoms with Gasteiger partial charge in [0.15, 0.2) is 0 Å². The van der Waals surface area contributed by atoms with Crippen molar-refractivity contribution < 1.29 is 0 Å². The van der Waals surface area contributed by atoms with Gasteiger partial charge in [0.05, 0.1) is 16.9 Å².